The summed E-state index contributed by atoms with van der Waals surface area (Å²) in [6, 6.07) is 12.0. The first-order valence-electron chi connectivity index (χ1n) is 7.99. The minimum atomic E-state index is -0.0334. The second kappa shape index (κ2) is 7.89. The van der Waals surface area contributed by atoms with Gasteiger partial charge in [0.05, 0.1) is 18.2 Å². The topological polar surface area (TPSA) is 55.1 Å². The van der Waals surface area contributed by atoms with E-state index in [1.54, 1.807) is 11.8 Å². The average molecular weight is 373 g/mol. The molecule has 0 saturated carbocycles. The molecule has 130 valence electrons. The fourth-order valence-corrected chi connectivity index (χ4v) is 3.67. The van der Waals surface area contributed by atoms with Crippen LogP contribution >= 0.6 is 23.1 Å². The van der Waals surface area contributed by atoms with E-state index in [9.17, 15) is 4.79 Å². The van der Waals surface area contributed by atoms with Gasteiger partial charge in [0.1, 0.15) is 5.76 Å². The Hall–Kier alpha value is -2.05. The van der Waals surface area contributed by atoms with Crippen molar-refractivity contribution in [1.29, 1.82) is 0 Å². The van der Waals surface area contributed by atoms with Crippen LogP contribution in [0, 0.1) is 6.92 Å². The molecular weight excluding hydrogens is 352 g/mol. The van der Waals surface area contributed by atoms with E-state index >= 15 is 0 Å². The summed E-state index contributed by atoms with van der Waals surface area (Å²) in [5.74, 6) is 1.57. The molecule has 4 nitrogen and oxygen atoms in total. The molecule has 3 aromatic rings. The van der Waals surface area contributed by atoms with Gasteiger partial charge in [0.2, 0.25) is 5.91 Å². The van der Waals surface area contributed by atoms with E-state index in [1.165, 1.54) is 16.2 Å². The molecule has 0 aliphatic carbocycles. The summed E-state index contributed by atoms with van der Waals surface area (Å²) in [5, 5.41) is 5.74. The van der Waals surface area contributed by atoms with Crippen molar-refractivity contribution in [3.8, 4) is 10.8 Å². The van der Waals surface area contributed by atoms with Crippen LogP contribution in [0.15, 0.2) is 51.1 Å². The maximum absolute atomic E-state index is 12.3. The number of hydrogen-bond acceptors (Lipinski definition) is 5. The molecule has 2 heterocycles. The van der Waals surface area contributed by atoms with Gasteiger partial charge in [-0.25, -0.2) is 4.98 Å². The Morgan fingerprint density at radius 1 is 1.28 bits per heavy atom. The van der Waals surface area contributed by atoms with Crippen molar-refractivity contribution in [3.63, 3.8) is 0 Å². The first kappa shape index (κ1) is 17.8. The third-order valence-corrected chi connectivity index (χ3v) is 5.49. The van der Waals surface area contributed by atoms with Crippen LogP contribution in [0.4, 0.5) is 0 Å². The quantitative estimate of drug-likeness (QED) is 0.628. The fourth-order valence-electron chi connectivity index (χ4n) is 2.48. The summed E-state index contributed by atoms with van der Waals surface area (Å²) in [4.78, 5) is 18.0. The van der Waals surface area contributed by atoms with E-state index in [-0.39, 0.29) is 18.4 Å². The van der Waals surface area contributed by atoms with Crippen LogP contribution in [-0.4, -0.2) is 17.1 Å². The Labute approximate surface area is 155 Å². The van der Waals surface area contributed by atoms with E-state index in [4.69, 9.17) is 4.42 Å². The van der Waals surface area contributed by atoms with Crippen molar-refractivity contribution in [3.05, 3.63) is 58.8 Å². The van der Waals surface area contributed by atoms with E-state index in [1.807, 2.05) is 37.6 Å². The predicted molar refractivity (Wildman–Crippen MR) is 103 cm³/mol. The van der Waals surface area contributed by atoms with Crippen molar-refractivity contribution in [2.75, 3.05) is 6.26 Å². The Morgan fingerprint density at radius 2 is 2.04 bits per heavy atom. The van der Waals surface area contributed by atoms with Crippen LogP contribution in [0.5, 0.6) is 0 Å². The molecule has 6 heteroatoms. The van der Waals surface area contributed by atoms with Crippen molar-refractivity contribution in [2.45, 2.75) is 31.2 Å². The number of hydrogen-bond donors (Lipinski definition) is 1. The average Bonchev–Trinajstić information content (AvgIpc) is 3.23. The van der Waals surface area contributed by atoms with Gasteiger partial charge >= 0.3 is 0 Å². The molecule has 1 amide bonds. The molecule has 1 aromatic carbocycles. The van der Waals surface area contributed by atoms with Crippen LogP contribution in [0.1, 0.15) is 30.0 Å². The number of nitrogens with zero attached hydrogens (tertiary/aromatic N) is 1. The standard InChI is InChI=1S/C19H20N2O2S2/c1-12-4-9-17(23-12)19-21-15(11-25-19)10-18(22)20-13(2)14-5-7-16(24-3)8-6-14/h4-9,11,13H,10H2,1-3H3,(H,20,22). The van der Waals surface area contributed by atoms with Crippen LogP contribution < -0.4 is 5.32 Å². The number of carbonyl (C=O) groups excluding carboxylic acids is 1. The van der Waals surface area contributed by atoms with Gasteiger partial charge in [-0.15, -0.1) is 23.1 Å². The summed E-state index contributed by atoms with van der Waals surface area (Å²) in [6.07, 6.45) is 2.32. The lowest BCUT2D eigenvalue weighted by molar-refractivity contribution is -0.121. The van der Waals surface area contributed by atoms with Crippen molar-refractivity contribution in [1.82, 2.24) is 10.3 Å². The Kier molecular flexibility index (Phi) is 5.60. The van der Waals surface area contributed by atoms with Gasteiger partial charge in [-0.1, -0.05) is 12.1 Å². The molecule has 0 fully saturated rings. The van der Waals surface area contributed by atoms with Crippen LogP contribution in [0.2, 0.25) is 0 Å². The normalized spacial score (nSPS) is 12.1. The summed E-state index contributed by atoms with van der Waals surface area (Å²) >= 11 is 3.19. The summed E-state index contributed by atoms with van der Waals surface area (Å²) < 4.78 is 5.57. The number of thiazole rings is 1. The molecule has 3 rings (SSSR count). The lowest BCUT2D eigenvalue weighted by atomic mass is 10.1. The zero-order chi connectivity index (χ0) is 17.8. The number of aromatic nitrogens is 1. The highest BCUT2D eigenvalue weighted by Crippen LogP contribution is 2.26. The first-order valence-corrected chi connectivity index (χ1v) is 10.1. The van der Waals surface area contributed by atoms with Crippen LogP contribution in [0.25, 0.3) is 10.8 Å². The van der Waals surface area contributed by atoms with Gasteiger partial charge in [0.25, 0.3) is 0 Å². The number of rotatable bonds is 6. The molecule has 1 atom stereocenters. The minimum absolute atomic E-state index is 0.0331. The lowest BCUT2D eigenvalue weighted by Gasteiger charge is -2.14. The number of nitrogens with one attached hydrogen (secondary N) is 1. The number of thioether (sulfide) groups is 1. The zero-order valence-corrected chi connectivity index (χ0v) is 16.0. The van der Waals surface area contributed by atoms with E-state index in [2.05, 4.69) is 34.6 Å². The van der Waals surface area contributed by atoms with E-state index in [0.717, 1.165) is 27.8 Å². The van der Waals surface area contributed by atoms with Crippen molar-refractivity contribution in [2.24, 2.45) is 0 Å². The van der Waals surface area contributed by atoms with Crippen LogP contribution in [0.3, 0.4) is 0 Å². The molecule has 2 aromatic heterocycles. The first-order chi connectivity index (χ1) is 12.0. The van der Waals surface area contributed by atoms with Gasteiger partial charge in [0.15, 0.2) is 10.8 Å². The number of benzene rings is 1. The molecule has 0 aliphatic rings. The van der Waals surface area contributed by atoms with Gasteiger partial charge in [0, 0.05) is 10.3 Å². The molecule has 0 bridgehead atoms. The molecule has 1 N–H and O–H groups in total. The second-order valence-electron chi connectivity index (χ2n) is 5.79. The summed E-state index contributed by atoms with van der Waals surface area (Å²) in [6.45, 7) is 3.89. The third-order valence-electron chi connectivity index (χ3n) is 3.84. The Bertz CT molecular complexity index is 852. The maximum atomic E-state index is 12.3. The number of amides is 1. The fraction of sp³-hybridized carbons (Fsp3) is 0.263. The molecule has 25 heavy (non-hydrogen) atoms. The highest BCUT2D eigenvalue weighted by molar-refractivity contribution is 7.98. The molecule has 0 saturated heterocycles. The predicted octanol–water partition coefficient (Wildman–Crippen LogP) is 4.85. The molecular formula is C19H20N2O2S2. The van der Waals surface area contributed by atoms with Crippen molar-refractivity contribution < 1.29 is 9.21 Å². The summed E-state index contributed by atoms with van der Waals surface area (Å²) in [5.41, 5.74) is 1.85. The lowest BCUT2D eigenvalue weighted by Crippen LogP contribution is -2.28. The largest absolute Gasteiger partial charge is 0.459 e. The third kappa shape index (κ3) is 4.52. The van der Waals surface area contributed by atoms with Gasteiger partial charge < -0.3 is 9.73 Å². The van der Waals surface area contributed by atoms with E-state index < -0.39 is 0 Å². The molecule has 1 unspecified atom stereocenters. The smallest absolute Gasteiger partial charge is 0.226 e. The molecule has 0 aliphatic heterocycles. The Balaban J connectivity index is 1.59. The molecule has 0 radical (unpaired) electrons. The zero-order valence-electron chi connectivity index (χ0n) is 14.4. The maximum Gasteiger partial charge on any atom is 0.226 e. The SMILES string of the molecule is CSc1ccc(C(C)NC(=O)Cc2csc(-c3ccc(C)o3)n2)cc1. The number of carbonyl (C=O) groups is 1. The highest BCUT2D eigenvalue weighted by Gasteiger charge is 2.14. The monoisotopic (exact) mass is 372 g/mol. The van der Waals surface area contributed by atoms with Gasteiger partial charge in [-0.2, -0.15) is 0 Å². The number of aryl methyl sites for hydroxylation is 1. The molecule has 0 spiro atoms. The van der Waals surface area contributed by atoms with Gasteiger partial charge in [-0.05, 0) is 49.9 Å². The van der Waals surface area contributed by atoms with Crippen molar-refractivity contribution >= 4 is 29.0 Å². The van der Waals surface area contributed by atoms with Gasteiger partial charge in [-0.3, -0.25) is 4.79 Å². The minimum Gasteiger partial charge on any atom is -0.459 e. The highest BCUT2D eigenvalue weighted by atomic mass is 32.2. The Morgan fingerprint density at radius 3 is 2.68 bits per heavy atom. The second-order valence-corrected chi connectivity index (χ2v) is 7.53. The summed E-state index contributed by atoms with van der Waals surface area (Å²) in [7, 11) is 0. The number of furan rings is 1. The van der Waals surface area contributed by atoms with Crippen LogP contribution in [-0.2, 0) is 11.2 Å². The van der Waals surface area contributed by atoms with E-state index in [0.29, 0.717) is 0 Å².